The largest absolute Gasteiger partial charge is 0.469 e. The lowest BCUT2D eigenvalue weighted by Crippen LogP contribution is -2.32. The molecule has 0 aromatic carbocycles. The maximum absolute atomic E-state index is 11.4. The first-order chi connectivity index (χ1) is 6.65. The Hall–Kier alpha value is -1.58. The molecule has 0 aliphatic heterocycles. The van der Waals surface area contributed by atoms with Crippen molar-refractivity contribution in [1.29, 1.82) is 0 Å². The van der Waals surface area contributed by atoms with Gasteiger partial charge in [-0.15, -0.1) is 13.2 Å². The number of rotatable bonds is 6. The summed E-state index contributed by atoms with van der Waals surface area (Å²) in [5.74, 6) is -0.815. The minimum absolute atomic E-state index is 0.238. The van der Waals surface area contributed by atoms with Crippen molar-refractivity contribution in [1.82, 2.24) is 4.90 Å². The first-order valence-corrected chi connectivity index (χ1v) is 4.22. The van der Waals surface area contributed by atoms with Crippen LogP contribution in [0.15, 0.2) is 25.3 Å². The van der Waals surface area contributed by atoms with Crippen LogP contribution in [0, 0.1) is 0 Å². The van der Waals surface area contributed by atoms with Crippen LogP contribution < -0.4 is 0 Å². The average Bonchev–Trinajstić information content (AvgIpc) is 2.17. The normalized spacial score (nSPS) is 8.93. The number of nitrogens with zero attached hydrogens (tertiary/aromatic N) is 1. The van der Waals surface area contributed by atoms with Gasteiger partial charge in [-0.05, 0) is 0 Å². The molecule has 1 amide bonds. The lowest BCUT2D eigenvalue weighted by atomic mass is 10.3. The van der Waals surface area contributed by atoms with E-state index >= 15 is 0 Å². The Morgan fingerprint density at radius 3 is 2.14 bits per heavy atom. The average molecular weight is 197 g/mol. The van der Waals surface area contributed by atoms with Crippen molar-refractivity contribution in [3.63, 3.8) is 0 Å². The number of amides is 1. The van der Waals surface area contributed by atoms with Gasteiger partial charge in [-0.3, -0.25) is 9.59 Å². The molecule has 78 valence electrons. The van der Waals surface area contributed by atoms with E-state index in [1.807, 2.05) is 0 Å². The Morgan fingerprint density at radius 1 is 1.29 bits per heavy atom. The molecule has 0 unspecified atom stereocenters. The summed E-state index contributed by atoms with van der Waals surface area (Å²) in [6, 6.07) is 0. The fourth-order valence-electron chi connectivity index (χ4n) is 0.897. The van der Waals surface area contributed by atoms with E-state index in [0.29, 0.717) is 13.1 Å². The topological polar surface area (TPSA) is 46.6 Å². The summed E-state index contributed by atoms with van der Waals surface area (Å²) < 4.78 is 4.39. The second-order valence-corrected chi connectivity index (χ2v) is 2.63. The molecule has 0 rings (SSSR count). The molecular formula is C10H15NO3. The summed E-state index contributed by atoms with van der Waals surface area (Å²) >= 11 is 0. The number of carbonyl (C=O) groups excluding carboxylic acids is 2. The van der Waals surface area contributed by atoms with Gasteiger partial charge in [0.15, 0.2) is 0 Å². The zero-order chi connectivity index (χ0) is 11.0. The van der Waals surface area contributed by atoms with E-state index in [4.69, 9.17) is 0 Å². The lowest BCUT2D eigenvalue weighted by Gasteiger charge is -2.18. The maximum atomic E-state index is 11.4. The van der Waals surface area contributed by atoms with E-state index < -0.39 is 5.97 Å². The maximum Gasteiger partial charge on any atom is 0.315 e. The second kappa shape index (κ2) is 6.88. The third kappa shape index (κ3) is 4.45. The molecule has 0 fully saturated rings. The Bertz CT molecular complexity index is 226. The van der Waals surface area contributed by atoms with Crippen LogP contribution in [-0.2, 0) is 14.3 Å². The van der Waals surface area contributed by atoms with Gasteiger partial charge in [0.2, 0.25) is 5.91 Å². The van der Waals surface area contributed by atoms with Crippen LogP contribution in [0.25, 0.3) is 0 Å². The monoisotopic (exact) mass is 197 g/mol. The van der Waals surface area contributed by atoms with Gasteiger partial charge in [0.05, 0.1) is 7.11 Å². The van der Waals surface area contributed by atoms with Crippen molar-refractivity contribution in [2.24, 2.45) is 0 Å². The molecule has 0 N–H and O–H groups in total. The van der Waals surface area contributed by atoms with Crippen LogP contribution in [0.3, 0.4) is 0 Å². The number of hydrogen-bond acceptors (Lipinski definition) is 3. The molecule has 0 aromatic rings. The van der Waals surface area contributed by atoms with Gasteiger partial charge in [-0.25, -0.2) is 0 Å². The summed E-state index contributed by atoms with van der Waals surface area (Å²) in [4.78, 5) is 23.7. The van der Waals surface area contributed by atoms with Crippen molar-refractivity contribution < 1.29 is 14.3 Å². The minimum atomic E-state index is -0.534. The molecule has 0 spiro atoms. The molecule has 4 nitrogen and oxygen atoms in total. The van der Waals surface area contributed by atoms with Crippen LogP contribution >= 0.6 is 0 Å². The predicted octanol–water partition coefficient (Wildman–Crippen LogP) is 0.750. The summed E-state index contributed by atoms with van der Waals surface area (Å²) in [7, 11) is 1.25. The number of carbonyl (C=O) groups is 2. The first-order valence-electron chi connectivity index (χ1n) is 4.22. The summed E-state index contributed by atoms with van der Waals surface area (Å²) in [5.41, 5.74) is 0. The third-order valence-electron chi connectivity index (χ3n) is 1.57. The molecule has 0 aromatic heterocycles. The van der Waals surface area contributed by atoms with E-state index in [-0.39, 0.29) is 12.3 Å². The molecule has 0 saturated carbocycles. The van der Waals surface area contributed by atoms with Crippen LogP contribution in [0.1, 0.15) is 6.42 Å². The Morgan fingerprint density at radius 2 is 1.79 bits per heavy atom. The molecule has 0 aliphatic rings. The van der Waals surface area contributed by atoms with Crippen molar-refractivity contribution >= 4 is 11.9 Å². The molecular weight excluding hydrogens is 182 g/mol. The van der Waals surface area contributed by atoms with Gasteiger partial charge >= 0.3 is 5.97 Å². The lowest BCUT2D eigenvalue weighted by molar-refractivity contribution is -0.146. The number of esters is 1. The smallest absolute Gasteiger partial charge is 0.315 e. The van der Waals surface area contributed by atoms with E-state index in [9.17, 15) is 9.59 Å². The van der Waals surface area contributed by atoms with Gasteiger partial charge in [0, 0.05) is 13.1 Å². The zero-order valence-electron chi connectivity index (χ0n) is 8.36. The summed E-state index contributed by atoms with van der Waals surface area (Å²) in [5, 5.41) is 0. The van der Waals surface area contributed by atoms with E-state index in [2.05, 4.69) is 17.9 Å². The van der Waals surface area contributed by atoms with E-state index in [1.54, 1.807) is 12.2 Å². The van der Waals surface area contributed by atoms with Gasteiger partial charge < -0.3 is 9.64 Å². The molecule has 14 heavy (non-hydrogen) atoms. The summed E-state index contributed by atoms with van der Waals surface area (Å²) in [6.45, 7) is 7.85. The van der Waals surface area contributed by atoms with Crippen LogP contribution in [0.5, 0.6) is 0 Å². The Kier molecular flexibility index (Phi) is 6.11. The zero-order valence-corrected chi connectivity index (χ0v) is 8.36. The highest BCUT2D eigenvalue weighted by molar-refractivity contribution is 5.94. The summed E-state index contributed by atoms with van der Waals surface area (Å²) in [6.07, 6.45) is 2.95. The van der Waals surface area contributed by atoms with Gasteiger partial charge in [0.25, 0.3) is 0 Å². The molecule has 0 saturated heterocycles. The highest BCUT2D eigenvalue weighted by Gasteiger charge is 2.14. The van der Waals surface area contributed by atoms with Gasteiger partial charge in [-0.2, -0.15) is 0 Å². The standard InChI is InChI=1S/C10H15NO3/c1-4-6-11(7-5-2)9(12)8-10(13)14-3/h4-5H,1-2,6-8H2,3H3. The van der Waals surface area contributed by atoms with Gasteiger partial charge in [-0.1, -0.05) is 12.2 Å². The van der Waals surface area contributed by atoms with Crippen molar-refractivity contribution in [2.75, 3.05) is 20.2 Å². The highest BCUT2D eigenvalue weighted by Crippen LogP contribution is 1.96. The molecule has 0 heterocycles. The fraction of sp³-hybridized carbons (Fsp3) is 0.400. The van der Waals surface area contributed by atoms with Crippen LogP contribution in [0.2, 0.25) is 0 Å². The Balaban J connectivity index is 4.19. The number of hydrogen-bond donors (Lipinski definition) is 0. The number of ether oxygens (including phenoxy) is 1. The molecule has 4 heteroatoms. The highest BCUT2D eigenvalue weighted by atomic mass is 16.5. The predicted molar refractivity (Wildman–Crippen MR) is 53.6 cm³/mol. The van der Waals surface area contributed by atoms with Crippen LogP contribution in [-0.4, -0.2) is 37.0 Å². The SMILES string of the molecule is C=CCN(CC=C)C(=O)CC(=O)OC. The minimum Gasteiger partial charge on any atom is -0.469 e. The van der Waals surface area contributed by atoms with Gasteiger partial charge in [0.1, 0.15) is 6.42 Å². The quantitative estimate of drug-likeness (QED) is 0.358. The van der Waals surface area contributed by atoms with Crippen LogP contribution in [0.4, 0.5) is 0 Å². The van der Waals surface area contributed by atoms with Crippen molar-refractivity contribution in [3.8, 4) is 0 Å². The first kappa shape index (κ1) is 12.4. The fourth-order valence-corrected chi connectivity index (χ4v) is 0.897. The molecule has 0 radical (unpaired) electrons. The van der Waals surface area contributed by atoms with E-state index in [0.717, 1.165) is 0 Å². The molecule has 0 atom stereocenters. The molecule has 0 aliphatic carbocycles. The second-order valence-electron chi connectivity index (χ2n) is 2.63. The van der Waals surface area contributed by atoms with Crippen molar-refractivity contribution in [3.05, 3.63) is 25.3 Å². The third-order valence-corrected chi connectivity index (χ3v) is 1.57. The van der Waals surface area contributed by atoms with E-state index in [1.165, 1.54) is 12.0 Å². The Labute approximate surface area is 83.8 Å². The molecule has 0 bridgehead atoms. The van der Waals surface area contributed by atoms with Crippen molar-refractivity contribution in [2.45, 2.75) is 6.42 Å². The number of methoxy groups -OCH3 is 1.